The fourth-order valence-electron chi connectivity index (χ4n) is 1.67. The molecular weight excluding hydrogens is 342 g/mol. The van der Waals surface area contributed by atoms with Gasteiger partial charge in [0, 0.05) is 20.6 Å². The van der Waals surface area contributed by atoms with Gasteiger partial charge in [-0.2, -0.15) is 0 Å². The molecule has 20 heavy (non-hydrogen) atoms. The second kappa shape index (κ2) is 6.28. The summed E-state index contributed by atoms with van der Waals surface area (Å²) in [6.45, 7) is 2.02. The van der Waals surface area contributed by atoms with E-state index in [1.165, 1.54) is 11.3 Å². The van der Waals surface area contributed by atoms with E-state index in [0.29, 0.717) is 16.3 Å². The Bertz CT molecular complexity index is 620. The lowest BCUT2D eigenvalue weighted by Gasteiger charge is -2.09. The quantitative estimate of drug-likeness (QED) is 0.848. The van der Waals surface area contributed by atoms with E-state index in [0.717, 1.165) is 14.9 Å². The predicted octanol–water partition coefficient (Wildman–Crippen LogP) is 3.77. The Morgan fingerprint density at radius 1 is 1.40 bits per heavy atom. The van der Waals surface area contributed by atoms with Crippen LogP contribution in [0.1, 0.15) is 20.1 Å². The molecule has 0 saturated carbocycles. The Morgan fingerprint density at radius 2 is 2.15 bits per heavy atom. The molecule has 0 aliphatic rings. The predicted molar refractivity (Wildman–Crippen MR) is 83.3 cm³/mol. The summed E-state index contributed by atoms with van der Waals surface area (Å²) in [6, 6.07) is 7.19. The number of halogens is 1. The SMILES string of the molecule is COc1ccc(Br)cc1COC(=O)c1cc(N)c(C)s1. The van der Waals surface area contributed by atoms with E-state index in [9.17, 15) is 4.79 Å². The highest BCUT2D eigenvalue weighted by Crippen LogP contribution is 2.26. The van der Waals surface area contributed by atoms with Crippen molar-refractivity contribution >= 4 is 38.9 Å². The maximum absolute atomic E-state index is 11.9. The molecule has 0 bridgehead atoms. The number of hydrogen-bond donors (Lipinski definition) is 1. The molecule has 2 N–H and O–H groups in total. The summed E-state index contributed by atoms with van der Waals surface area (Å²) in [5.41, 5.74) is 7.14. The van der Waals surface area contributed by atoms with Crippen molar-refractivity contribution in [2.75, 3.05) is 12.8 Å². The Labute approximate surface area is 129 Å². The maximum Gasteiger partial charge on any atom is 0.348 e. The normalized spacial score (nSPS) is 10.3. The van der Waals surface area contributed by atoms with Crippen LogP contribution in [0.25, 0.3) is 0 Å². The van der Waals surface area contributed by atoms with Crippen molar-refractivity contribution in [1.29, 1.82) is 0 Å². The van der Waals surface area contributed by atoms with Gasteiger partial charge in [0.15, 0.2) is 0 Å². The summed E-state index contributed by atoms with van der Waals surface area (Å²) in [5.74, 6) is 0.305. The zero-order chi connectivity index (χ0) is 14.7. The van der Waals surface area contributed by atoms with Crippen molar-refractivity contribution in [2.24, 2.45) is 0 Å². The average molecular weight is 356 g/mol. The molecule has 0 unspecified atom stereocenters. The molecule has 0 amide bonds. The van der Waals surface area contributed by atoms with Gasteiger partial charge in [0.2, 0.25) is 0 Å². The van der Waals surface area contributed by atoms with Gasteiger partial charge in [-0.05, 0) is 31.2 Å². The zero-order valence-corrected chi connectivity index (χ0v) is 13.5. The van der Waals surface area contributed by atoms with Crippen molar-refractivity contribution in [1.82, 2.24) is 0 Å². The summed E-state index contributed by atoms with van der Waals surface area (Å²) >= 11 is 4.71. The first-order chi connectivity index (χ1) is 9.51. The van der Waals surface area contributed by atoms with E-state index in [-0.39, 0.29) is 12.6 Å². The molecule has 1 aromatic carbocycles. The fraction of sp³-hybridized carbons (Fsp3) is 0.214. The number of thiophene rings is 1. The van der Waals surface area contributed by atoms with Crippen molar-refractivity contribution in [3.8, 4) is 5.75 Å². The van der Waals surface area contributed by atoms with Crippen LogP contribution in [0.15, 0.2) is 28.7 Å². The molecule has 2 rings (SSSR count). The highest BCUT2D eigenvalue weighted by atomic mass is 79.9. The monoisotopic (exact) mass is 355 g/mol. The number of rotatable bonds is 4. The van der Waals surface area contributed by atoms with E-state index in [1.54, 1.807) is 13.2 Å². The standard InChI is InChI=1S/C14H14BrNO3S/c1-8-11(16)6-13(20-8)14(17)19-7-9-5-10(15)3-4-12(9)18-2/h3-6H,7,16H2,1-2H3. The summed E-state index contributed by atoms with van der Waals surface area (Å²) < 4.78 is 11.4. The van der Waals surface area contributed by atoms with Crippen LogP contribution in [-0.2, 0) is 11.3 Å². The van der Waals surface area contributed by atoms with E-state index in [1.807, 2.05) is 25.1 Å². The van der Waals surface area contributed by atoms with Gasteiger partial charge in [0.1, 0.15) is 17.2 Å². The van der Waals surface area contributed by atoms with Crippen LogP contribution in [-0.4, -0.2) is 13.1 Å². The third-order valence-corrected chi connectivity index (χ3v) is 4.30. The van der Waals surface area contributed by atoms with Crippen LogP contribution in [0, 0.1) is 6.92 Å². The van der Waals surface area contributed by atoms with Gasteiger partial charge in [-0.3, -0.25) is 0 Å². The van der Waals surface area contributed by atoms with Gasteiger partial charge in [0.05, 0.1) is 7.11 Å². The van der Waals surface area contributed by atoms with Gasteiger partial charge < -0.3 is 15.2 Å². The summed E-state index contributed by atoms with van der Waals surface area (Å²) in [7, 11) is 1.58. The van der Waals surface area contributed by atoms with E-state index < -0.39 is 0 Å². The number of esters is 1. The molecule has 1 aromatic heterocycles. The number of methoxy groups -OCH3 is 1. The Kier molecular flexibility index (Phi) is 4.67. The van der Waals surface area contributed by atoms with Crippen LogP contribution in [0.3, 0.4) is 0 Å². The number of hydrogen-bond acceptors (Lipinski definition) is 5. The van der Waals surface area contributed by atoms with Crippen LogP contribution in [0.2, 0.25) is 0 Å². The second-order valence-corrected chi connectivity index (χ2v) is 6.33. The Balaban J connectivity index is 2.08. The molecule has 6 heteroatoms. The Hall–Kier alpha value is -1.53. The van der Waals surface area contributed by atoms with Crippen LogP contribution >= 0.6 is 27.3 Å². The third kappa shape index (κ3) is 3.32. The molecule has 0 saturated heterocycles. The molecule has 0 spiro atoms. The van der Waals surface area contributed by atoms with Crippen molar-refractivity contribution in [3.63, 3.8) is 0 Å². The molecule has 0 atom stereocenters. The largest absolute Gasteiger partial charge is 0.496 e. The highest BCUT2D eigenvalue weighted by Gasteiger charge is 2.13. The van der Waals surface area contributed by atoms with Crippen molar-refractivity contribution < 1.29 is 14.3 Å². The van der Waals surface area contributed by atoms with Crippen molar-refractivity contribution in [2.45, 2.75) is 13.5 Å². The number of aryl methyl sites for hydroxylation is 1. The zero-order valence-electron chi connectivity index (χ0n) is 11.1. The van der Waals surface area contributed by atoms with E-state index in [4.69, 9.17) is 15.2 Å². The summed E-state index contributed by atoms with van der Waals surface area (Å²) in [4.78, 5) is 13.4. The highest BCUT2D eigenvalue weighted by molar-refractivity contribution is 9.10. The minimum absolute atomic E-state index is 0.151. The van der Waals surface area contributed by atoms with Crippen LogP contribution < -0.4 is 10.5 Å². The molecule has 0 radical (unpaired) electrons. The number of ether oxygens (including phenoxy) is 2. The van der Waals surface area contributed by atoms with Gasteiger partial charge in [-0.15, -0.1) is 11.3 Å². The summed E-state index contributed by atoms with van der Waals surface area (Å²) in [5, 5.41) is 0. The lowest BCUT2D eigenvalue weighted by molar-refractivity contribution is 0.0476. The third-order valence-electron chi connectivity index (χ3n) is 2.76. The van der Waals surface area contributed by atoms with Crippen LogP contribution in [0.5, 0.6) is 5.75 Å². The number of nitrogen functional groups attached to an aromatic ring is 1. The molecule has 4 nitrogen and oxygen atoms in total. The topological polar surface area (TPSA) is 61.5 Å². The smallest absolute Gasteiger partial charge is 0.348 e. The van der Waals surface area contributed by atoms with Crippen LogP contribution in [0.4, 0.5) is 5.69 Å². The number of benzene rings is 1. The molecule has 1 heterocycles. The molecule has 0 aliphatic heterocycles. The first kappa shape index (κ1) is 14.9. The fourth-order valence-corrected chi connectivity index (χ4v) is 2.91. The number of carbonyl (C=O) groups is 1. The van der Waals surface area contributed by atoms with E-state index >= 15 is 0 Å². The van der Waals surface area contributed by atoms with Crippen molar-refractivity contribution in [3.05, 3.63) is 44.1 Å². The van der Waals surface area contributed by atoms with E-state index in [2.05, 4.69) is 15.9 Å². The average Bonchev–Trinajstić information content (AvgIpc) is 2.76. The molecular formula is C14H14BrNO3S. The van der Waals surface area contributed by atoms with Gasteiger partial charge in [0.25, 0.3) is 0 Å². The maximum atomic E-state index is 11.9. The minimum atomic E-state index is -0.378. The molecule has 0 fully saturated rings. The molecule has 106 valence electrons. The number of carbonyl (C=O) groups excluding carboxylic acids is 1. The number of nitrogens with two attached hydrogens (primary N) is 1. The number of anilines is 1. The summed E-state index contributed by atoms with van der Waals surface area (Å²) in [6.07, 6.45) is 0. The minimum Gasteiger partial charge on any atom is -0.496 e. The second-order valence-electron chi connectivity index (χ2n) is 4.15. The molecule has 0 aliphatic carbocycles. The van der Waals surface area contributed by atoms with Gasteiger partial charge in [-0.25, -0.2) is 4.79 Å². The lowest BCUT2D eigenvalue weighted by atomic mass is 10.2. The first-order valence-electron chi connectivity index (χ1n) is 5.86. The Morgan fingerprint density at radius 3 is 2.75 bits per heavy atom. The van der Waals surface area contributed by atoms with Gasteiger partial charge in [-0.1, -0.05) is 15.9 Å². The molecule has 2 aromatic rings. The first-order valence-corrected chi connectivity index (χ1v) is 7.47. The lowest BCUT2D eigenvalue weighted by Crippen LogP contribution is -2.04. The van der Waals surface area contributed by atoms with Gasteiger partial charge >= 0.3 is 5.97 Å².